The fraction of sp³-hybridized carbons (Fsp3) is 0.523. The molecule has 0 radical (unpaired) electrons. The van der Waals surface area contributed by atoms with Crippen LogP contribution in [0.5, 0.6) is 0 Å². The third kappa shape index (κ3) is 6.67. The molecule has 7 heterocycles. The Bertz CT molecular complexity index is 2330. The van der Waals surface area contributed by atoms with Crippen LogP contribution >= 0.6 is 0 Å². The van der Waals surface area contributed by atoms with Crippen LogP contribution in [0.1, 0.15) is 103 Å². The Morgan fingerprint density at radius 1 is 1.00 bits per heavy atom. The normalized spacial score (nSPS) is 28.4. The SMILES string of the molecule is CCC1CC(c2ccc(Nc3nc(N4CCC[C@@H](N5CCN(C)C5=O)C4)cnc3C(N)=O)cc2)CC2CC(C3Cc4ccc5c(C6CCC(=O)NC6=O)noc5c4C3)N12. The Balaban J connectivity index is 0.793. The maximum Gasteiger partial charge on any atom is 0.320 e. The predicted molar refractivity (Wildman–Crippen MR) is 220 cm³/mol. The summed E-state index contributed by atoms with van der Waals surface area (Å²) in [4.78, 5) is 67.6. The minimum absolute atomic E-state index is 0.0705. The second kappa shape index (κ2) is 14.9. The fourth-order valence-electron chi connectivity index (χ4n) is 11.2. The number of hydrogen-bond acceptors (Lipinski definition) is 11. The number of nitrogens with one attached hydrogen (secondary N) is 2. The van der Waals surface area contributed by atoms with Gasteiger partial charge >= 0.3 is 6.03 Å². The summed E-state index contributed by atoms with van der Waals surface area (Å²) in [5.74, 6) is 0.311. The molecule has 4 aromatic rings. The zero-order valence-electron chi connectivity index (χ0n) is 33.7. The highest BCUT2D eigenvalue weighted by atomic mass is 16.5. The molecule has 2 aromatic heterocycles. The lowest BCUT2D eigenvalue weighted by molar-refractivity contribution is -0.134. The minimum Gasteiger partial charge on any atom is -0.364 e. The maximum atomic E-state index is 12.7. The lowest BCUT2D eigenvalue weighted by atomic mass is 9.70. The van der Waals surface area contributed by atoms with E-state index in [4.69, 9.17) is 15.2 Å². The number of carbonyl (C=O) groups is 4. The summed E-state index contributed by atoms with van der Waals surface area (Å²) in [7, 11) is 1.84. The molecule has 1 aliphatic carbocycles. The number of hydrogen-bond donors (Lipinski definition) is 3. The molecule has 5 amide bonds. The summed E-state index contributed by atoms with van der Waals surface area (Å²) in [5.41, 5.74) is 12.0. The molecular formula is C44H52N10O5. The van der Waals surface area contributed by atoms with Crippen molar-refractivity contribution >= 4 is 52.0 Å². The Morgan fingerprint density at radius 2 is 1.85 bits per heavy atom. The van der Waals surface area contributed by atoms with Gasteiger partial charge in [0.1, 0.15) is 11.5 Å². The molecule has 15 nitrogen and oxygen atoms in total. The van der Waals surface area contributed by atoms with Crippen molar-refractivity contribution in [2.75, 3.05) is 43.4 Å². The number of piperidine rings is 3. The van der Waals surface area contributed by atoms with Crippen molar-refractivity contribution in [1.29, 1.82) is 0 Å². The second-order valence-corrected chi connectivity index (χ2v) is 17.6. The van der Waals surface area contributed by atoms with Gasteiger partial charge in [-0.05, 0) is 98.9 Å². The van der Waals surface area contributed by atoms with Crippen molar-refractivity contribution in [2.24, 2.45) is 11.7 Å². The molecule has 10 rings (SSSR count). The highest BCUT2D eigenvalue weighted by Crippen LogP contribution is 2.50. The van der Waals surface area contributed by atoms with Crippen LogP contribution in [0.15, 0.2) is 47.1 Å². The van der Waals surface area contributed by atoms with Crippen molar-refractivity contribution in [3.63, 3.8) is 0 Å². The molecule has 7 atom stereocenters. The standard InChI is InChI=1S/C44H52N10O5/c1-3-29-18-26(19-31-21-35(54(29)31)27-17-25-8-11-32-38(50-59-40(32)34(25)20-27)33-12-13-37(55)49-43(33)57)24-6-9-28(10-7-24)47-42-39(41(45)56)46-22-36(48-42)52-14-4-5-30(23-52)53-16-15-51(2)44(53)58/h6-11,22,26-27,29-31,33,35H,3-5,12-21,23H2,1-2H3,(H2,45,56)(H,47,48)(H,49,55,57)/t26?,27?,29?,30-,31?,33?,35?/m1/s1. The first kappa shape index (κ1) is 37.7. The summed E-state index contributed by atoms with van der Waals surface area (Å²) in [5, 5.41) is 11.1. The van der Waals surface area contributed by atoms with E-state index in [1.54, 1.807) is 11.1 Å². The molecule has 6 unspecified atom stereocenters. The number of fused-ring (bicyclic) bond motifs is 4. The minimum atomic E-state index is -0.645. The summed E-state index contributed by atoms with van der Waals surface area (Å²) < 4.78 is 5.95. The molecule has 6 aliphatic rings. The zero-order valence-corrected chi connectivity index (χ0v) is 33.7. The number of rotatable bonds is 9. The van der Waals surface area contributed by atoms with E-state index in [1.807, 2.05) is 11.9 Å². The van der Waals surface area contributed by atoms with E-state index < -0.39 is 11.8 Å². The van der Waals surface area contributed by atoms with Gasteiger partial charge in [0.2, 0.25) is 11.8 Å². The van der Waals surface area contributed by atoms with E-state index in [2.05, 4.69) is 73.9 Å². The van der Waals surface area contributed by atoms with Crippen LogP contribution < -0.4 is 21.3 Å². The number of nitrogens with zero attached hydrogens (tertiary/aromatic N) is 7. The van der Waals surface area contributed by atoms with E-state index in [1.165, 1.54) is 23.1 Å². The van der Waals surface area contributed by atoms with E-state index >= 15 is 0 Å². The quantitative estimate of drug-likeness (QED) is 0.197. The number of urea groups is 1. The van der Waals surface area contributed by atoms with Crippen molar-refractivity contribution in [2.45, 2.75) is 107 Å². The van der Waals surface area contributed by atoms with Crippen LogP contribution in [0.4, 0.5) is 22.1 Å². The molecule has 0 saturated carbocycles. The third-order valence-electron chi connectivity index (χ3n) is 14.3. The summed E-state index contributed by atoms with van der Waals surface area (Å²) in [6.45, 7) is 5.23. The van der Waals surface area contributed by atoms with Gasteiger partial charge < -0.3 is 30.3 Å². The number of amides is 5. The monoisotopic (exact) mass is 800 g/mol. The van der Waals surface area contributed by atoms with Crippen LogP contribution in [0.25, 0.3) is 11.0 Å². The molecule has 0 spiro atoms. The third-order valence-corrected chi connectivity index (χ3v) is 14.3. The first-order chi connectivity index (χ1) is 28.6. The van der Waals surface area contributed by atoms with E-state index in [-0.39, 0.29) is 29.6 Å². The molecule has 59 heavy (non-hydrogen) atoms. The maximum absolute atomic E-state index is 12.7. The largest absolute Gasteiger partial charge is 0.364 e. The number of aromatic nitrogens is 3. The van der Waals surface area contributed by atoms with Crippen LogP contribution in [-0.2, 0) is 22.4 Å². The van der Waals surface area contributed by atoms with Crippen molar-refractivity contribution in [3.05, 3.63) is 70.7 Å². The van der Waals surface area contributed by atoms with Gasteiger partial charge in [-0.2, -0.15) is 0 Å². The van der Waals surface area contributed by atoms with Gasteiger partial charge in [-0.25, -0.2) is 14.8 Å². The average molecular weight is 801 g/mol. The Hall–Kier alpha value is -5.57. The Kier molecular flexibility index (Phi) is 9.53. The van der Waals surface area contributed by atoms with Crippen molar-refractivity contribution in [1.82, 2.24) is 35.1 Å². The van der Waals surface area contributed by atoms with Gasteiger partial charge in [0, 0.05) is 74.4 Å². The first-order valence-corrected chi connectivity index (χ1v) is 21.4. The highest BCUT2D eigenvalue weighted by molar-refractivity contribution is 6.02. The zero-order chi connectivity index (χ0) is 40.5. The average Bonchev–Trinajstić information content (AvgIpc) is 3.95. The fourth-order valence-corrected chi connectivity index (χ4v) is 11.2. The molecule has 4 N–H and O–H groups in total. The van der Waals surface area contributed by atoms with E-state index in [0.29, 0.717) is 66.7 Å². The van der Waals surface area contributed by atoms with E-state index in [9.17, 15) is 19.2 Å². The molecule has 308 valence electrons. The number of nitrogens with two attached hydrogens (primary N) is 1. The molecule has 5 aliphatic heterocycles. The van der Waals surface area contributed by atoms with Gasteiger partial charge in [0.25, 0.3) is 5.91 Å². The number of imide groups is 1. The van der Waals surface area contributed by atoms with Crippen LogP contribution in [0.3, 0.4) is 0 Å². The molecule has 5 fully saturated rings. The summed E-state index contributed by atoms with van der Waals surface area (Å²) in [6, 6.07) is 14.5. The van der Waals surface area contributed by atoms with Gasteiger partial charge in [0.05, 0.1) is 18.2 Å². The van der Waals surface area contributed by atoms with E-state index in [0.717, 1.165) is 81.2 Å². The summed E-state index contributed by atoms with van der Waals surface area (Å²) >= 11 is 0. The number of primary amides is 1. The molecular weight excluding hydrogens is 749 g/mol. The first-order valence-electron chi connectivity index (χ1n) is 21.4. The highest BCUT2D eigenvalue weighted by Gasteiger charge is 2.51. The van der Waals surface area contributed by atoms with Gasteiger partial charge in [-0.15, -0.1) is 0 Å². The molecule has 15 heteroatoms. The van der Waals surface area contributed by atoms with Crippen LogP contribution in [-0.4, -0.2) is 111 Å². The van der Waals surface area contributed by atoms with Crippen molar-refractivity contribution < 1.29 is 23.7 Å². The van der Waals surface area contributed by atoms with Crippen molar-refractivity contribution in [3.8, 4) is 0 Å². The molecule has 0 bridgehead atoms. The van der Waals surface area contributed by atoms with Gasteiger partial charge in [-0.1, -0.05) is 30.3 Å². The number of likely N-dealkylation sites (N-methyl/N-ethyl adjacent to an activating group) is 1. The molecule has 2 aromatic carbocycles. The Morgan fingerprint density at radius 3 is 2.61 bits per heavy atom. The number of anilines is 3. The predicted octanol–water partition coefficient (Wildman–Crippen LogP) is 4.83. The molecule has 5 saturated heterocycles. The van der Waals surface area contributed by atoms with Crippen LogP contribution in [0, 0.1) is 5.92 Å². The van der Waals surface area contributed by atoms with Gasteiger partial charge in [0.15, 0.2) is 17.1 Å². The lowest BCUT2D eigenvalue weighted by Crippen LogP contribution is -2.65. The number of benzene rings is 2. The Labute approximate surface area is 343 Å². The lowest BCUT2D eigenvalue weighted by Gasteiger charge is -2.59. The number of carbonyl (C=O) groups excluding carboxylic acids is 4. The topological polar surface area (TPSA) is 183 Å². The second-order valence-electron chi connectivity index (χ2n) is 17.6. The van der Waals surface area contributed by atoms with Gasteiger partial charge in [-0.3, -0.25) is 24.6 Å². The van der Waals surface area contributed by atoms with Crippen LogP contribution in [0.2, 0.25) is 0 Å². The summed E-state index contributed by atoms with van der Waals surface area (Å²) in [6.07, 6.45) is 10.7. The smallest absolute Gasteiger partial charge is 0.320 e.